The SMILES string of the molecule is CN(CCCCCO)CCC(O)c1cccc(Br)c1. The van der Waals surface area contributed by atoms with Crippen molar-refractivity contribution in [3.63, 3.8) is 0 Å². The third-order valence-electron chi connectivity index (χ3n) is 3.22. The molecule has 2 N–H and O–H groups in total. The van der Waals surface area contributed by atoms with Crippen LogP contribution in [0.15, 0.2) is 28.7 Å². The Bertz CT molecular complexity index is 360. The maximum Gasteiger partial charge on any atom is 0.0802 e. The molecular weight excluding hydrogens is 306 g/mol. The van der Waals surface area contributed by atoms with Gasteiger partial charge in [0.05, 0.1) is 6.10 Å². The first-order valence-electron chi connectivity index (χ1n) is 6.86. The van der Waals surface area contributed by atoms with E-state index < -0.39 is 6.10 Å². The van der Waals surface area contributed by atoms with Gasteiger partial charge in [-0.05, 0) is 57.0 Å². The number of benzene rings is 1. The molecule has 0 amide bonds. The Kier molecular flexibility index (Phi) is 8.30. The fraction of sp³-hybridized carbons (Fsp3) is 0.600. The molecule has 1 unspecified atom stereocenters. The van der Waals surface area contributed by atoms with E-state index in [1.807, 2.05) is 24.3 Å². The molecule has 0 aliphatic heterocycles. The van der Waals surface area contributed by atoms with Crippen molar-refractivity contribution in [2.75, 3.05) is 26.7 Å². The molecule has 4 heteroatoms. The Hall–Kier alpha value is -0.420. The quantitative estimate of drug-likeness (QED) is 0.684. The summed E-state index contributed by atoms with van der Waals surface area (Å²) in [6, 6.07) is 7.83. The summed E-state index contributed by atoms with van der Waals surface area (Å²) in [5, 5.41) is 18.8. The van der Waals surface area contributed by atoms with Gasteiger partial charge in [0, 0.05) is 17.6 Å². The second-order valence-corrected chi connectivity index (χ2v) is 5.86. The molecule has 0 aliphatic rings. The van der Waals surface area contributed by atoms with Crippen LogP contribution in [-0.2, 0) is 0 Å². The molecule has 0 saturated heterocycles. The van der Waals surface area contributed by atoms with Crippen LogP contribution in [0.2, 0.25) is 0 Å². The number of halogens is 1. The molecule has 19 heavy (non-hydrogen) atoms. The number of unbranched alkanes of at least 4 members (excludes halogenated alkanes) is 2. The van der Waals surface area contributed by atoms with Crippen LogP contribution in [-0.4, -0.2) is 41.9 Å². The van der Waals surface area contributed by atoms with Crippen molar-refractivity contribution < 1.29 is 10.2 Å². The Morgan fingerprint density at radius 1 is 1.21 bits per heavy atom. The fourth-order valence-electron chi connectivity index (χ4n) is 2.01. The van der Waals surface area contributed by atoms with E-state index in [9.17, 15) is 5.11 Å². The van der Waals surface area contributed by atoms with E-state index in [2.05, 4.69) is 27.9 Å². The highest BCUT2D eigenvalue weighted by molar-refractivity contribution is 9.10. The minimum absolute atomic E-state index is 0.283. The highest BCUT2D eigenvalue weighted by Gasteiger charge is 2.09. The first kappa shape index (κ1) is 16.6. The predicted octanol–water partition coefficient (Wildman–Crippen LogP) is 2.97. The third kappa shape index (κ3) is 7.06. The van der Waals surface area contributed by atoms with Crippen molar-refractivity contribution in [1.29, 1.82) is 0 Å². The Labute approximate surface area is 124 Å². The second-order valence-electron chi connectivity index (χ2n) is 4.95. The summed E-state index contributed by atoms with van der Waals surface area (Å²) < 4.78 is 1.00. The lowest BCUT2D eigenvalue weighted by Crippen LogP contribution is -2.22. The molecule has 0 saturated carbocycles. The van der Waals surface area contributed by atoms with Crippen LogP contribution in [0, 0.1) is 0 Å². The third-order valence-corrected chi connectivity index (χ3v) is 3.71. The standard InChI is InChI=1S/C15H24BrNO2/c1-17(9-3-2-4-11-18)10-8-15(19)13-6-5-7-14(16)12-13/h5-7,12,15,18-19H,2-4,8-11H2,1H3. The van der Waals surface area contributed by atoms with E-state index in [4.69, 9.17) is 5.11 Å². The fourth-order valence-corrected chi connectivity index (χ4v) is 2.42. The Balaban J connectivity index is 2.24. The van der Waals surface area contributed by atoms with Gasteiger partial charge in [0.1, 0.15) is 0 Å². The summed E-state index contributed by atoms with van der Waals surface area (Å²) in [5.74, 6) is 0. The average Bonchev–Trinajstić information content (AvgIpc) is 2.41. The van der Waals surface area contributed by atoms with Crippen LogP contribution in [0.3, 0.4) is 0 Å². The molecule has 1 aromatic carbocycles. The largest absolute Gasteiger partial charge is 0.396 e. The van der Waals surface area contributed by atoms with Gasteiger partial charge in [-0.25, -0.2) is 0 Å². The summed E-state index contributed by atoms with van der Waals surface area (Å²) in [7, 11) is 2.08. The second kappa shape index (κ2) is 9.48. The summed E-state index contributed by atoms with van der Waals surface area (Å²) in [6.07, 6.45) is 3.39. The van der Waals surface area contributed by atoms with E-state index in [1.54, 1.807) is 0 Å². The van der Waals surface area contributed by atoms with Crippen molar-refractivity contribution in [2.45, 2.75) is 31.8 Å². The molecule has 1 rings (SSSR count). The predicted molar refractivity (Wildman–Crippen MR) is 82.2 cm³/mol. The smallest absolute Gasteiger partial charge is 0.0802 e. The monoisotopic (exact) mass is 329 g/mol. The number of nitrogens with zero attached hydrogens (tertiary/aromatic N) is 1. The lowest BCUT2D eigenvalue weighted by molar-refractivity contribution is 0.148. The zero-order valence-corrected chi connectivity index (χ0v) is 13.1. The number of hydrogen-bond acceptors (Lipinski definition) is 3. The number of rotatable bonds is 9. The lowest BCUT2D eigenvalue weighted by Gasteiger charge is -2.19. The average molecular weight is 330 g/mol. The molecule has 0 heterocycles. The van der Waals surface area contributed by atoms with Gasteiger partial charge in [-0.1, -0.05) is 28.1 Å². The van der Waals surface area contributed by atoms with Crippen molar-refractivity contribution in [3.05, 3.63) is 34.3 Å². The summed E-state index contributed by atoms with van der Waals surface area (Å²) >= 11 is 3.42. The van der Waals surface area contributed by atoms with Gasteiger partial charge >= 0.3 is 0 Å². The highest BCUT2D eigenvalue weighted by Crippen LogP contribution is 2.20. The maximum atomic E-state index is 10.1. The molecule has 108 valence electrons. The molecule has 3 nitrogen and oxygen atoms in total. The minimum Gasteiger partial charge on any atom is -0.396 e. The molecule has 1 aromatic rings. The summed E-state index contributed by atoms with van der Waals surface area (Å²) in [5.41, 5.74) is 0.961. The lowest BCUT2D eigenvalue weighted by atomic mass is 10.1. The van der Waals surface area contributed by atoms with Crippen LogP contribution >= 0.6 is 15.9 Å². The van der Waals surface area contributed by atoms with Gasteiger partial charge in [-0.3, -0.25) is 0 Å². The van der Waals surface area contributed by atoms with Crippen LogP contribution < -0.4 is 0 Å². The Morgan fingerprint density at radius 3 is 2.68 bits per heavy atom. The Morgan fingerprint density at radius 2 is 2.00 bits per heavy atom. The normalized spacial score (nSPS) is 12.9. The van der Waals surface area contributed by atoms with E-state index in [0.29, 0.717) is 0 Å². The van der Waals surface area contributed by atoms with E-state index in [1.165, 1.54) is 0 Å². The molecule has 1 atom stereocenters. The van der Waals surface area contributed by atoms with Crippen LogP contribution in [0.1, 0.15) is 37.4 Å². The zero-order chi connectivity index (χ0) is 14.1. The first-order chi connectivity index (χ1) is 9.13. The minimum atomic E-state index is -0.405. The van der Waals surface area contributed by atoms with E-state index in [-0.39, 0.29) is 6.61 Å². The highest BCUT2D eigenvalue weighted by atomic mass is 79.9. The van der Waals surface area contributed by atoms with Gasteiger partial charge in [0.2, 0.25) is 0 Å². The number of aliphatic hydroxyl groups is 2. The molecule has 0 aromatic heterocycles. The van der Waals surface area contributed by atoms with Crippen LogP contribution in [0.5, 0.6) is 0 Å². The maximum absolute atomic E-state index is 10.1. The van der Waals surface area contributed by atoms with Gasteiger partial charge in [-0.15, -0.1) is 0 Å². The van der Waals surface area contributed by atoms with E-state index in [0.717, 1.165) is 48.8 Å². The molecular formula is C15H24BrNO2. The van der Waals surface area contributed by atoms with Gasteiger partial charge in [0.15, 0.2) is 0 Å². The van der Waals surface area contributed by atoms with Crippen molar-refractivity contribution in [1.82, 2.24) is 4.90 Å². The molecule has 0 bridgehead atoms. The van der Waals surface area contributed by atoms with E-state index >= 15 is 0 Å². The van der Waals surface area contributed by atoms with Crippen LogP contribution in [0.4, 0.5) is 0 Å². The first-order valence-corrected chi connectivity index (χ1v) is 7.65. The summed E-state index contributed by atoms with van der Waals surface area (Å²) in [6.45, 7) is 2.18. The van der Waals surface area contributed by atoms with Crippen molar-refractivity contribution >= 4 is 15.9 Å². The molecule has 0 fully saturated rings. The van der Waals surface area contributed by atoms with Crippen molar-refractivity contribution in [3.8, 4) is 0 Å². The summed E-state index contributed by atoms with van der Waals surface area (Å²) in [4.78, 5) is 2.23. The zero-order valence-electron chi connectivity index (χ0n) is 11.6. The topological polar surface area (TPSA) is 43.7 Å². The molecule has 0 aliphatic carbocycles. The van der Waals surface area contributed by atoms with Crippen molar-refractivity contribution in [2.24, 2.45) is 0 Å². The van der Waals surface area contributed by atoms with Gasteiger partial charge in [-0.2, -0.15) is 0 Å². The molecule has 0 radical (unpaired) electrons. The van der Waals surface area contributed by atoms with Gasteiger partial charge < -0.3 is 15.1 Å². The number of aliphatic hydroxyl groups excluding tert-OH is 2. The molecule has 0 spiro atoms. The van der Waals surface area contributed by atoms with Crippen LogP contribution in [0.25, 0.3) is 0 Å². The number of hydrogen-bond donors (Lipinski definition) is 2. The van der Waals surface area contributed by atoms with Gasteiger partial charge in [0.25, 0.3) is 0 Å².